The minimum Gasteiger partial charge on any atom is -0.119 e. The quantitative estimate of drug-likeness (QED) is 0.507. The molecule has 0 heterocycles. The van der Waals surface area contributed by atoms with Gasteiger partial charge in [0.15, 0.2) is 0 Å². The smallest absolute Gasteiger partial charge is 0.0452 e. The zero-order valence-electron chi connectivity index (χ0n) is 7.09. The first kappa shape index (κ1) is 7.43. The van der Waals surface area contributed by atoms with E-state index in [-0.39, 0.29) is 0 Å². The summed E-state index contributed by atoms with van der Waals surface area (Å²) in [4.78, 5) is 0. The van der Waals surface area contributed by atoms with Crippen LogP contribution in [0.25, 0.3) is 0 Å². The Kier molecular flexibility index (Phi) is 1.87. The summed E-state index contributed by atoms with van der Waals surface area (Å²) >= 11 is 0. The molecule has 1 aliphatic rings. The molecule has 0 aromatic heterocycles. The molecule has 2 rings (SSSR count). The van der Waals surface area contributed by atoms with E-state index in [0.717, 1.165) is 6.42 Å². The fourth-order valence-corrected chi connectivity index (χ4v) is 1.93. The van der Waals surface area contributed by atoms with Crippen LogP contribution in [0.15, 0.2) is 24.3 Å². The lowest BCUT2D eigenvalue weighted by Crippen LogP contribution is -2.07. The standard InChI is InChI=1S/C12H12/c1-2-10-7-5-8-11-6-3-4-9-12(10)11/h1,3-4,6,9-10H,5,7-8H2. The van der Waals surface area contributed by atoms with Gasteiger partial charge in [-0.1, -0.05) is 30.2 Å². The second-order valence-electron chi connectivity index (χ2n) is 3.31. The van der Waals surface area contributed by atoms with E-state index >= 15 is 0 Å². The topological polar surface area (TPSA) is 0 Å². The van der Waals surface area contributed by atoms with Crippen LogP contribution >= 0.6 is 0 Å². The third kappa shape index (κ3) is 1.12. The van der Waals surface area contributed by atoms with Crippen LogP contribution in [0.5, 0.6) is 0 Å². The maximum absolute atomic E-state index is 5.47. The molecule has 0 N–H and O–H groups in total. The second-order valence-corrected chi connectivity index (χ2v) is 3.31. The summed E-state index contributed by atoms with van der Waals surface area (Å²) in [6, 6.07) is 8.53. The molecule has 0 bridgehead atoms. The van der Waals surface area contributed by atoms with Crippen molar-refractivity contribution >= 4 is 0 Å². The van der Waals surface area contributed by atoms with Gasteiger partial charge in [-0.05, 0) is 30.4 Å². The van der Waals surface area contributed by atoms with Crippen molar-refractivity contribution in [1.82, 2.24) is 0 Å². The molecule has 0 heteroatoms. The van der Waals surface area contributed by atoms with Gasteiger partial charge in [-0.2, -0.15) is 0 Å². The van der Waals surface area contributed by atoms with Crippen LogP contribution in [0.1, 0.15) is 29.9 Å². The Bertz CT molecular complexity index is 317. The Morgan fingerprint density at radius 1 is 1.33 bits per heavy atom. The summed E-state index contributed by atoms with van der Waals surface area (Å²) in [5.74, 6) is 3.23. The molecule has 1 unspecified atom stereocenters. The predicted octanol–water partition coefficient (Wildman–Crippen LogP) is 2.74. The molecular weight excluding hydrogens is 144 g/mol. The van der Waals surface area contributed by atoms with E-state index in [2.05, 4.69) is 30.2 Å². The Labute approximate surface area is 73.6 Å². The fraction of sp³-hybridized carbons (Fsp3) is 0.333. The molecule has 0 amide bonds. The second kappa shape index (κ2) is 3.03. The average Bonchev–Trinajstić information content (AvgIpc) is 2.17. The molecular formula is C12H12. The minimum absolute atomic E-state index is 0.370. The van der Waals surface area contributed by atoms with E-state index in [1.54, 1.807) is 0 Å². The lowest BCUT2D eigenvalue weighted by molar-refractivity contribution is 0.641. The fourth-order valence-electron chi connectivity index (χ4n) is 1.93. The lowest BCUT2D eigenvalue weighted by Gasteiger charge is -2.20. The summed E-state index contributed by atoms with van der Waals surface area (Å²) in [7, 11) is 0. The van der Waals surface area contributed by atoms with E-state index in [1.165, 1.54) is 24.0 Å². The van der Waals surface area contributed by atoms with E-state index < -0.39 is 0 Å². The van der Waals surface area contributed by atoms with Crippen LogP contribution in [-0.4, -0.2) is 0 Å². The lowest BCUT2D eigenvalue weighted by atomic mass is 9.83. The largest absolute Gasteiger partial charge is 0.119 e. The molecule has 0 saturated heterocycles. The third-order valence-corrected chi connectivity index (χ3v) is 2.57. The molecule has 60 valence electrons. The van der Waals surface area contributed by atoms with Crippen molar-refractivity contribution < 1.29 is 0 Å². The summed E-state index contributed by atoms with van der Waals surface area (Å²) in [6.07, 6.45) is 9.07. The van der Waals surface area contributed by atoms with Crippen LogP contribution in [0.2, 0.25) is 0 Å². The number of benzene rings is 1. The van der Waals surface area contributed by atoms with E-state index in [9.17, 15) is 0 Å². The normalized spacial score (nSPS) is 21.1. The molecule has 0 nitrogen and oxygen atoms in total. The molecule has 0 saturated carbocycles. The van der Waals surface area contributed by atoms with Gasteiger partial charge in [0.1, 0.15) is 0 Å². The van der Waals surface area contributed by atoms with Gasteiger partial charge >= 0.3 is 0 Å². The van der Waals surface area contributed by atoms with Gasteiger partial charge in [0.2, 0.25) is 0 Å². The zero-order chi connectivity index (χ0) is 8.39. The van der Waals surface area contributed by atoms with Crippen molar-refractivity contribution in [3.63, 3.8) is 0 Å². The summed E-state index contributed by atoms with van der Waals surface area (Å²) in [6.45, 7) is 0. The molecule has 0 aliphatic heterocycles. The van der Waals surface area contributed by atoms with Crippen LogP contribution in [0, 0.1) is 12.3 Å². The maximum atomic E-state index is 5.47. The number of terminal acetylenes is 1. The van der Waals surface area contributed by atoms with Crippen molar-refractivity contribution in [3.05, 3.63) is 35.4 Å². The van der Waals surface area contributed by atoms with Crippen molar-refractivity contribution in [3.8, 4) is 12.3 Å². The monoisotopic (exact) mass is 156 g/mol. The third-order valence-electron chi connectivity index (χ3n) is 2.57. The van der Waals surface area contributed by atoms with Gasteiger partial charge in [-0.25, -0.2) is 0 Å². The number of aryl methyl sites for hydroxylation is 1. The van der Waals surface area contributed by atoms with Gasteiger partial charge in [0.25, 0.3) is 0 Å². The van der Waals surface area contributed by atoms with Crippen LogP contribution in [-0.2, 0) is 6.42 Å². The Morgan fingerprint density at radius 3 is 3.00 bits per heavy atom. The number of rotatable bonds is 0. The van der Waals surface area contributed by atoms with Crippen LogP contribution < -0.4 is 0 Å². The van der Waals surface area contributed by atoms with E-state index in [0.29, 0.717) is 5.92 Å². The summed E-state index contributed by atoms with van der Waals surface area (Å²) in [5, 5.41) is 0. The van der Waals surface area contributed by atoms with Gasteiger partial charge in [0.05, 0.1) is 0 Å². The van der Waals surface area contributed by atoms with Crippen molar-refractivity contribution in [1.29, 1.82) is 0 Å². The minimum atomic E-state index is 0.370. The van der Waals surface area contributed by atoms with Gasteiger partial charge in [0, 0.05) is 5.92 Å². The highest BCUT2D eigenvalue weighted by Gasteiger charge is 2.16. The van der Waals surface area contributed by atoms with Crippen molar-refractivity contribution in [2.75, 3.05) is 0 Å². The Hall–Kier alpha value is -1.22. The first-order chi connectivity index (χ1) is 5.92. The first-order valence-electron chi connectivity index (χ1n) is 4.46. The van der Waals surface area contributed by atoms with Crippen molar-refractivity contribution in [2.45, 2.75) is 25.2 Å². The number of fused-ring (bicyclic) bond motifs is 1. The summed E-state index contributed by atoms with van der Waals surface area (Å²) in [5.41, 5.74) is 2.83. The van der Waals surface area contributed by atoms with Crippen LogP contribution in [0.3, 0.4) is 0 Å². The summed E-state index contributed by atoms with van der Waals surface area (Å²) < 4.78 is 0. The number of hydrogen-bond acceptors (Lipinski definition) is 0. The SMILES string of the molecule is C#CC1CCCc2ccccc21. The van der Waals surface area contributed by atoms with Gasteiger partial charge in [-0.15, -0.1) is 6.42 Å². The average molecular weight is 156 g/mol. The maximum Gasteiger partial charge on any atom is 0.0452 e. The first-order valence-corrected chi connectivity index (χ1v) is 4.46. The molecule has 12 heavy (non-hydrogen) atoms. The highest BCUT2D eigenvalue weighted by atomic mass is 14.2. The molecule has 0 radical (unpaired) electrons. The van der Waals surface area contributed by atoms with Crippen molar-refractivity contribution in [2.24, 2.45) is 0 Å². The Balaban J connectivity index is 2.45. The molecule has 1 aliphatic carbocycles. The van der Waals surface area contributed by atoms with Crippen LogP contribution in [0.4, 0.5) is 0 Å². The highest BCUT2D eigenvalue weighted by Crippen LogP contribution is 2.30. The molecule has 0 spiro atoms. The highest BCUT2D eigenvalue weighted by molar-refractivity contribution is 5.36. The van der Waals surface area contributed by atoms with E-state index in [4.69, 9.17) is 6.42 Å². The molecule has 0 fully saturated rings. The van der Waals surface area contributed by atoms with Gasteiger partial charge in [-0.3, -0.25) is 0 Å². The predicted molar refractivity (Wildman–Crippen MR) is 51.0 cm³/mol. The molecule has 1 aromatic carbocycles. The van der Waals surface area contributed by atoms with E-state index in [1.807, 2.05) is 0 Å². The van der Waals surface area contributed by atoms with Gasteiger partial charge < -0.3 is 0 Å². The molecule has 1 atom stereocenters. The number of hydrogen-bond donors (Lipinski definition) is 0. The zero-order valence-corrected chi connectivity index (χ0v) is 7.09. The Morgan fingerprint density at radius 2 is 2.17 bits per heavy atom. The molecule has 1 aromatic rings.